The van der Waals surface area contributed by atoms with Crippen LogP contribution in [0.15, 0.2) is 12.2 Å². The Balaban J connectivity index is 4.48. The van der Waals surface area contributed by atoms with Gasteiger partial charge in [-0.15, -0.1) is 0 Å². The summed E-state index contributed by atoms with van der Waals surface area (Å²) in [7, 11) is 0. The fourth-order valence-corrected chi connectivity index (χ4v) is 10.6. The Labute approximate surface area is 643 Å². The first-order valence-electron chi connectivity index (χ1n) is 36.4. The van der Waals surface area contributed by atoms with Crippen LogP contribution >= 0.6 is 0 Å². The molecule has 0 bridgehead atoms. The average Bonchev–Trinajstić information content (AvgIpc) is 1.26. The van der Waals surface area contributed by atoms with Crippen LogP contribution in [0.4, 0.5) is 0 Å². The first kappa shape index (κ1) is 98.9. The van der Waals surface area contributed by atoms with Crippen LogP contribution in [0.3, 0.4) is 0 Å². The smallest absolute Gasteiger partial charge is 0.259 e. The minimum absolute atomic E-state index is 0.0266. The van der Waals surface area contributed by atoms with E-state index < -0.39 is 237 Å². The van der Waals surface area contributed by atoms with Gasteiger partial charge in [0.2, 0.25) is 17.7 Å². The van der Waals surface area contributed by atoms with Gasteiger partial charge in [-0.05, 0) is 76.0 Å². The van der Waals surface area contributed by atoms with Crippen molar-refractivity contribution in [3.8, 4) is 0 Å². The van der Waals surface area contributed by atoms with Crippen molar-refractivity contribution in [1.29, 1.82) is 5.41 Å². The molecule has 0 radical (unpaired) electrons. The van der Waals surface area contributed by atoms with E-state index in [1.807, 2.05) is 6.92 Å². The van der Waals surface area contributed by atoms with Crippen molar-refractivity contribution in [2.45, 2.75) is 243 Å². The van der Waals surface area contributed by atoms with Gasteiger partial charge in [0.05, 0.1) is 61.0 Å². The molecule has 0 saturated heterocycles. The summed E-state index contributed by atoms with van der Waals surface area (Å²) in [6, 6.07) is -15.7. The highest BCUT2D eigenvalue weighted by Crippen LogP contribution is 2.15. The molecule has 0 aromatic heterocycles. The highest BCUT2D eigenvalue weighted by molar-refractivity contribution is 6.15. The number of carbonyl (C=O) groups is 20. The maximum atomic E-state index is 15.3. The number of nitrogens with zero attached hydrogens (tertiary/aromatic N) is 1. The van der Waals surface area contributed by atoms with Gasteiger partial charge in [-0.1, -0.05) is 80.4 Å². The Morgan fingerprint density at radius 1 is 0.559 bits per heavy atom. The maximum absolute atomic E-state index is 15.3. The second-order valence-corrected chi connectivity index (χ2v) is 27.4. The number of primary amides is 2. The Kier molecular flexibility index (Phi) is 46.4. The molecule has 1 heterocycles. The zero-order chi connectivity index (χ0) is 84.4. The van der Waals surface area contributed by atoms with Crippen LogP contribution in [-0.4, -0.2) is 255 Å². The van der Waals surface area contributed by atoms with Crippen LogP contribution in [0, 0.1) is 29.1 Å². The molecular weight excluding hydrogens is 1460 g/mol. The predicted molar refractivity (Wildman–Crippen MR) is 398 cm³/mol. The fraction of sp³-hybridized carbons (Fsp3) is 0.662. The minimum atomic E-state index is -2.56. The normalized spacial score (nSPS) is 18.7. The Bertz CT molecular complexity index is 3240. The minimum Gasteiger partial charge on any atom is -0.370 e. The molecule has 19 atom stereocenters. The van der Waals surface area contributed by atoms with E-state index in [0.717, 1.165) is 0 Å². The van der Waals surface area contributed by atoms with Gasteiger partial charge in [0, 0.05) is 32.4 Å². The van der Waals surface area contributed by atoms with Gasteiger partial charge < -0.3 is 115 Å². The Morgan fingerprint density at radius 2 is 1.01 bits per heavy atom. The molecule has 0 aromatic carbocycles. The summed E-state index contributed by atoms with van der Waals surface area (Å²) in [6.07, 6.45) is -10.7. The quantitative estimate of drug-likeness (QED) is 0.00511. The Morgan fingerprint density at radius 3 is 1.45 bits per heavy atom. The first-order valence-corrected chi connectivity index (χ1v) is 36.4. The number of nitrogens with one attached hydrogen (secondary N) is 17. The van der Waals surface area contributed by atoms with Crippen molar-refractivity contribution >= 4 is 127 Å². The van der Waals surface area contributed by atoms with Crippen molar-refractivity contribution in [2.75, 3.05) is 19.6 Å². The topological polar surface area (TPSA) is 691 Å². The number of ketones is 2. The molecule has 1 aliphatic rings. The lowest BCUT2D eigenvalue weighted by molar-refractivity contribution is -0.151. The number of allylic oxidation sites excluding steroid dienone is 1. The number of Topliss-reactive ketones (excluding diaryl/α,β-unsaturated/α-hetero) is 2. The molecule has 0 unspecified atom stereocenters. The van der Waals surface area contributed by atoms with E-state index >= 15 is 19.2 Å². The lowest BCUT2D eigenvalue weighted by Crippen LogP contribution is -2.70. The van der Waals surface area contributed by atoms with Crippen LogP contribution in [0.5, 0.6) is 0 Å². The van der Waals surface area contributed by atoms with E-state index in [0.29, 0.717) is 42.9 Å². The van der Waals surface area contributed by atoms with Crippen LogP contribution in [0.25, 0.3) is 0 Å². The number of amides is 11. The fourth-order valence-electron chi connectivity index (χ4n) is 10.6. The molecule has 11 amide bonds. The summed E-state index contributed by atoms with van der Waals surface area (Å²) >= 11 is 0. The molecule has 622 valence electrons. The van der Waals surface area contributed by atoms with Gasteiger partial charge in [-0.25, -0.2) is 0 Å². The zero-order valence-electron chi connectivity index (χ0n) is 64.2. The number of hydrogen-bond donors (Lipinski definition) is 22. The zero-order valence-corrected chi connectivity index (χ0v) is 64.2. The summed E-state index contributed by atoms with van der Waals surface area (Å²) < 4.78 is 0. The van der Waals surface area contributed by atoms with E-state index in [2.05, 4.69) is 85.1 Å². The van der Waals surface area contributed by atoms with E-state index in [-0.39, 0.29) is 69.3 Å². The number of carbonyl (C=O) groups excluding carboxylic acids is 20. The van der Waals surface area contributed by atoms with Crippen molar-refractivity contribution in [3.05, 3.63) is 12.2 Å². The molecule has 0 aromatic rings. The first-order chi connectivity index (χ1) is 52.3. The van der Waals surface area contributed by atoms with Gasteiger partial charge in [0.25, 0.3) is 47.3 Å². The number of guanidine groups is 1. The second kappa shape index (κ2) is 52.1. The Hall–Kier alpha value is -10.1. The lowest BCUT2D eigenvalue weighted by Gasteiger charge is -2.34. The molecule has 1 aliphatic heterocycles. The molecule has 0 spiro atoms. The van der Waals surface area contributed by atoms with Gasteiger partial charge >= 0.3 is 0 Å². The molecule has 43 nitrogen and oxygen atoms in total. The number of aldehydes is 7. The number of hydrogen-bond acceptors (Lipinski definition) is 30. The molecule has 1 rings (SSSR count). The van der Waals surface area contributed by atoms with Crippen molar-refractivity contribution in [1.82, 2.24) is 90.0 Å². The summed E-state index contributed by atoms with van der Waals surface area (Å²) in [5.74, 6) is -18.9. The van der Waals surface area contributed by atoms with E-state index in [1.165, 1.54) is 39.8 Å². The molecular formula is C68H115N23O20. The standard InChI is InChI=1S/C68H115N23O20/c1-11-36(7)44(32-97)77-39(10)78-61(105)59(83-45(33-98)37(8)12-2)90-63(107)54(76-38(9)27-92)87-66(110)58(82-43(31-96)25-34(3)4)89-65(109)57(81-42(30-95)20-22-48(71)101)88-64(108)56(79-40(28-93)17-16-23-75-68(73)74)86-60(104)52(46(99)26-69)91-24-15-13-14-18-49(102)84-55(80-41(29-94)19-21-47(70)100)62(106)85-51(67(91)111)53(103)50(72)35(5)6/h13,15,27-45,50-52,54-59,76-77,79-83H,11-12,14,16-26,69,72H2,1-10H3,(H2,70,100)(H2,71,101)(H,78,105)(H,84,102)(H,85,106)(H,86,104)(H,87,110)(H,88,108)(H,89,109)(H,90,107)(H4,73,74,75)/t36-,37-,38+,39-,40-,41-,42-,43-,44+,45+,50+,51+,52+,54-,55-,56-,57-,58-,59-/m1/s1. The molecule has 111 heavy (non-hydrogen) atoms. The van der Waals surface area contributed by atoms with E-state index in [9.17, 15) is 76.7 Å². The molecule has 0 aliphatic carbocycles. The van der Waals surface area contributed by atoms with E-state index in [4.69, 9.17) is 34.1 Å². The van der Waals surface area contributed by atoms with Gasteiger partial charge in [0.1, 0.15) is 44.0 Å². The van der Waals surface area contributed by atoms with Gasteiger partial charge in [-0.3, -0.25) is 105 Å². The molecule has 43 heteroatoms. The van der Waals surface area contributed by atoms with Crippen LogP contribution in [-0.2, 0) is 95.9 Å². The molecule has 0 fully saturated rings. The van der Waals surface area contributed by atoms with Crippen molar-refractivity contribution in [2.24, 2.45) is 52.3 Å². The summed E-state index contributed by atoms with van der Waals surface area (Å²) in [5, 5.41) is 47.1. The lowest BCUT2D eigenvalue weighted by atomic mass is 9.94. The van der Waals surface area contributed by atoms with Crippen LogP contribution < -0.4 is 114 Å². The van der Waals surface area contributed by atoms with E-state index in [1.54, 1.807) is 34.6 Å². The third kappa shape index (κ3) is 36.0. The van der Waals surface area contributed by atoms with Crippen LogP contribution in [0.2, 0.25) is 0 Å². The SMILES string of the molecule is CC[C@@H](C)[C@H](C=O)N[C@@H](C)NC(=O)[C@@H](NC(=O)[C@@H](NC(=O)[C@@H](NC(=O)[C@@H](NC(=O)[C@@H](NC(=O)[C@H](C(=O)CN)N1CC=CCCC(=O)N[C@@H](N[C@@H](C=O)CCC(N)=O)C(=O)N[C@@H](C(=O)[C@@H](N)C(C)C)C1=O)N[C@@H](C=O)CCCNC(=N)N)N[C@@H](C=O)CCC(N)=O)N[C@@H](C=O)CC(C)C)N[C@@H](C)C=O)N[C@@H](C=O)[C@H](C)CC. The van der Waals surface area contributed by atoms with Gasteiger partial charge in [-0.2, -0.15) is 0 Å². The third-order valence-corrected chi connectivity index (χ3v) is 17.4. The largest absolute Gasteiger partial charge is 0.370 e. The third-order valence-electron chi connectivity index (χ3n) is 17.4. The summed E-state index contributed by atoms with van der Waals surface area (Å²) in [4.78, 5) is 273. The highest BCUT2D eigenvalue weighted by Gasteiger charge is 2.45. The summed E-state index contributed by atoms with van der Waals surface area (Å²) in [6.45, 7) is 14.0. The molecule has 0 saturated carbocycles. The summed E-state index contributed by atoms with van der Waals surface area (Å²) in [5.41, 5.74) is 28.4. The molecule has 27 N–H and O–H groups in total. The van der Waals surface area contributed by atoms with Crippen LogP contribution in [0.1, 0.15) is 140 Å². The second-order valence-electron chi connectivity index (χ2n) is 27.4. The number of rotatable bonds is 55. The monoisotopic (exact) mass is 1570 g/mol. The number of nitrogens with two attached hydrogens (primary N) is 5. The van der Waals surface area contributed by atoms with Crippen molar-refractivity contribution in [3.63, 3.8) is 0 Å². The average molecular weight is 1570 g/mol. The van der Waals surface area contributed by atoms with Crippen molar-refractivity contribution < 1.29 is 95.9 Å². The predicted octanol–water partition coefficient (Wildman–Crippen LogP) is -9.73. The highest BCUT2D eigenvalue weighted by atomic mass is 16.2. The maximum Gasteiger partial charge on any atom is 0.259 e. The van der Waals surface area contributed by atoms with Gasteiger partial charge in [0.15, 0.2) is 66.6 Å².